The van der Waals surface area contributed by atoms with E-state index in [9.17, 15) is 18.0 Å². The summed E-state index contributed by atoms with van der Waals surface area (Å²) in [5.41, 5.74) is -0.986. The summed E-state index contributed by atoms with van der Waals surface area (Å²) in [6.07, 6.45) is -2.02. The minimum atomic E-state index is -2.98. The lowest BCUT2D eigenvalue weighted by molar-refractivity contribution is 0.0514. The second kappa shape index (κ2) is 6.17. The van der Waals surface area contributed by atoms with Gasteiger partial charge in [0.15, 0.2) is 0 Å². The van der Waals surface area contributed by atoms with Gasteiger partial charge in [0.1, 0.15) is 17.1 Å². The van der Waals surface area contributed by atoms with Gasteiger partial charge in [-0.25, -0.2) is 22.6 Å². The number of rotatable bonds is 4. The van der Waals surface area contributed by atoms with Crippen LogP contribution in [0.4, 0.5) is 13.2 Å². The van der Waals surface area contributed by atoms with Crippen LogP contribution in [0, 0.1) is 5.82 Å². The molecule has 0 saturated heterocycles. The van der Waals surface area contributed by atoms with Gasteiger partial charge in [0, 0.05) is 6.07 Å². The van der Waals surface area contributed by atoms with E-state index in [0.29, 0.717) is 0 Å². The fraction of sp³-hybridized carbons (Fsp3) is 0.231. The molecule has 0 atom stereocenters. The van der Waals surface area contributed by atoms with E-state index in [-0.39, 0.29) is 22.9 Å². The number of esters is 1. The van der Waals surface area contributed by atoms with Crippen LogP contribution in [0.3, 0.4) is 0 Å². The maximum atomic E-state index is 13.4. The van der Waals surface area contributed by atoms with Gasteiger partial charge in [-0.3, -0.25) is 0 Å². The molecule has 21 heavy (non-hydrogen) atoms. The lowest BCUT2D eigenvalue weighted by atomic mass is 10.2. The van der Waals surface area contributed by atoms with Crippen LogP contribution in [-0.4, -0.2) is 22.4 Å². The minimum absolute atomic E-state index is 0.0303. The summed E-state index contributed by atoms with van der Waals surface area (Å²) in [5, 5.41) is 3.56. The number of hydrogen-bond donors (Lipinski definition) is 0. The van der Waals surface area contributed by atoms with Gasteiger partial charge in [0.2, 0.25) is 0 Å². The molecule has 0 saturated carbocycles. The van der Waals surface area contributed by atoms with Crippen molar-refractivity contribution in [1.29, 1.82) is 0 Å². The number of carbonyl (C=O) groups is 1. The lowest BCUT2D eigenvalue weighted by Crippen LogP contribution is -2.10. The van der Waals surface area contributed by atoms with Crippen molar-refractivity contribution in [2.75, 3.05) is 6.61 Å². The molecule has 0 spiro atoms. The van der Waals surface area contributed by atoms with Gasteiger partial charge in [-0.05, 0) is 19.1 Å². The Labute approximate surface area is 123 Å². The highest BCUT2D eigenvalue weighted by Gasteiger charge is 2.26. The molecule has 1 aromatic carbocycles. The molecule has 1 heterocycles. The van der Waals surface area contributed by atoms with Gasteiger partial charge >= 0.3 is 5.97 Å². The lowest BCUT2D eigenvalue weighted by Gasteiger charge is -2.09. The molecule has 0 unspecified atom stereocenters. The molecule has 0 fully saturated rings. The summed E-state index contributed by atoms with van der Waals surface area (Å²) in [7, 11) is 0. The number of halogens is 4. The van der Waals surface area contributed by atoms with E-state index in [2.05, 4.69) is 5.10 Å². The van der Waals surface area contributed by atoms with E-state index >= 15 is 0 Å². The third-order valence-electron chi connectivity index (χ3n) is 2.66. The molecule has 0 N–H and O–H groups in total. The summed E-state index contributed by atoms with van der Waals surface area (Å²) in [6.45, 7) is 1.60. The van der Waals surface area contributed by atoms with E-state index in [4.69, 9.17) is 16.3 Å². The number of nitrogens with zero attached hydrogens (tertiary/aromatic N) is 2. The Morgan fingerprint density at radius 2 is 2.19 bits per heavy atom. The van der Waals surface area contributed by atoms with Crippen molar-refractivity contribution in [1.82, 2.24) is 9.78 Å². The normalized spacial score (nSPS) is 11.0. The molecule has 8 heteroatoms. The van der Waals surface area contributed by atoms with Gasteiger partial charge < -0.3 is 4.74 Å². The van der Waals surface area contributed by atoms with Crippen molar-refractivity contribution in [2.24, 2.45) is 0 Å². The van der Waals surface area contributed by atoms with Crippen LogP contribution in [0.1, 0.15) is 29.4 Å². The van der Waals surface area contributed by atoms with Gasteiger partial charge in [-0.2, -0.15) is 5.10 Å². The number of hydrogen-bond acceptors (Lipinski definition) is 3. The highest BCUT2D eigenvalue weighted by Crippen LogP contribution is 2.27. The zero-order valence-electron chi connectivity index (χ0n) is 10.8. The number of aromatic nitrogens is 2. The molecule has 0 bridgehead atoms. The quantitative estimate of drug-likeness (QED) is 0.806. The molecule has 2 aromatic rings. The van der Waals surface area contributed by atoms with E-state index < -0.39 is 23.9 Å². The summed E-state index contributed by atoms with van der Waals surface area (Å²) in [6, 6.07) is 3.49. The molecule has 0 aliphatic rings. The first kappa shape index (κ1) is 15.4. The summed E-state index contributed by atoms with van der Waals surface area (Å²) in [4.78, 5) is 11.6. The Morgan fingerprint density at radius 3 is 2.76 bits per heavy atom. The molecule has 112 valence electrons. The van der Waals surface area contributed by atoms with E-state index in [1.807, 2.05) is 0 Å². The zero-order valence-corrected chi connectivity index (χ0v) is 11.6. The van der Waals surface area contributed by atoms with Crippen LogP contribution in [0.2, 0.25) is 5.02 Å². The fourth-order valence-corrected chi connectivity index (χ4v) is 1.87. The summed E-state index contributed by atoms with van der Waals surface area (Å²) in [5.74, 6) is -1.68. The van der Waals surface area contributed by atoms with E-state index in [0.717, 1.165) is 16.9 Å². The smallest absolute Gasteiger partial charge is 0.341 e. The minimum Gasteiger partial charge on any atom is -0.462 e. The molecule has 1 aromatic heterocycles. The average molecular weight is 319 g/mol. The largest absolute Gasteiger partial charge is 0.462 e. The molecular formula is C13H10ClF3N2O2. The number of alkyl halides is 2. The maximum Gasteiger partial charge on any atom is 0.341 e. The third kappa shape index (κ3) is 3.02. The van der Waals surface area contributed by atoms with Crippen molar-refractivity contribution >= 4 is 17.6 Å². The van der Waals surface area contributed by atoms with Gasteiger partial charge in [-0.1, -0.05) is 11.6 Å². The Morgan fingerprint density at radius 1 is 1.48 bits per heavy atom. The topological polar surface area (TPSA) is 44.1 Å². The second-order valence-corrected chi connectivity index (χ2v) is 4.38. The Kier molecular flexibility index (Phi) is 4.52. The zero-order chi connectivity index (χ0) is 15.6. The van der Waals surface area contributed by atoms with Gasteiger partial charge in [-0.15, -0.1) is 0 Å². The molecule has 0 aliphatic carbocycles. The standard InChI is InChI=1S/C13H10ClF3N2O2/c1-2-21-13(20)8-6-18-19(11(8)12(16)17)7-3-4-9(14)10(15)5-7/h3-6,12H,2H2,1H3. The number of carbonyl (C=O) groups excluding carboxylic acids is 1. The highest BCUT2D eigenvalue weighted by atomic mass is 35.5. The Hall–Kier alpha value is -2.02. The number of benzene rings is 1. The van der Waals surface area contributed by atoms with Crippen LogP contribution >= 0.6 is 11.6 Å². The SMILES string of the molecule is CCOC(=O)c1cnn(-c2ccc(Cl)c(F)c2)c1C(F)F. The predicted molar refractivity (Wildman–Crippen MR) is 69.4 cm³/mol. The molecular weight excluding hydrogens is 309 g/mol. The first-order valence-corrected chi connectivity index (χ1v) is 6.32. The fourth-order valence-electron chi connectivity index (χ4n) is 1.76. The van der Waals surface area contributed by atoms with Crippen LogP contribution in [0.25, 0.3) is 5.69 Å². The highest BCUT2D eigenvalue weighted by molar-refractivity contribution is 6.30. The number of ether oxygens (including phenoxy) is 1. The van der Waals surface area contributed by atoms with E-state index in [1.54, 1.807) is 6.92 Å². The van der Waals surface area contributed by atoms with Crippen LogP contribution in [0.5, 0.6) is 0 Å². The first-order valence-electron chi connectivity index (χ1n) is 5.94. The molecule has 2 rings (SSSR count). The second-order valence-electron chi connectivity index (χ2n) is 3.97. The maximum absolute atomic E-state index is 13.4. The first-order chi connectivity index (χ1) is 9.95. The van der Waals surface area contributed by atoms with Crippen LogP contribution < -0.4 is 0 Å². The Bertz CT molecular complexity index is 673. The van der Waals surface area contributed by atoms with Crippen molar-refractivity contribution < 1.29 is 22.7 Å². The summed E-state index contributed by atoms with van der Waals surface area (Å²) >= 11 is 5.54. The van der Waals surface area contributed by atoms with Gasteiger partial charge in [0.25, 0.3) is 6.43 Å². The molecule has 4 nitrogen and oxygen atoms in total. The van der Waals surface area contributed by atoms with E-state index in [1.165, 1.54) is 12.1 Å². The van der Waals surface area contributed by atoms with Gasteiger partial charge in [0.05, 0.1) is 23.5 Å². The van der Waals surface area contributed by atoms with Crippen molar-refractivity contribution in [3.63, 3.8) is 0 Å². The average Bonchev–Trinajstić information content (AvgIpc) is 2.87. The van der Waals surface area contributed by atoms with Crippen molar-refractivity contribution in [3.8, 4) is 5.69 Å². The molecule has 0 radical (unpaired) electrons. The van der Waals surface area contributed by atoms with Crippen molar-refractivity contribution in [2.45, 2.75) is 13.3 Å². The molecule has 0 amide bonds. The molecule has 0 aliphatic heterocycles. The van der Waals surface area contributed by atoms with Crippen LogP contribution in [-0.2, 0) is 4.74 Å². The van der Waals surface area contributed by atoms with Crippen LogP contribution in [0.15, 0.2) is 24.4 Å². The third-order valence-corrected chi connectivity index (χ3v) is 2.96. The Balaban J connectivity index is 2.54. The monoisotopic (exact) mass is 318 g/mol. The summed E-state index contributed by atoms with van der Waals surface area (Å²) < 4.78 is 45.3. The van der Waals surface area contributed by atoms with Crippen molar-refractivity contribution in [3.05, 3.63) is 46.5 Å². The predicted octanol–water partition coefficient (Wildman–Crippen LogP) is 3.78.